The monoisotopic (exact) mass is 626 g/mol. The SMILES string of the molecule is CC(C)(C)c1[c-]c2c(cc1)-c1ccc(C(C)(C)C)cc1C2.[Cl-].[Cl-].[Ti+2]=[C](c1ccccc1)c1ccccc1.c1cc[cH-]c1. The Bertz CT molecular complexity index is 1400. The Labute approximate surface area is 277 Å². The molecule has 0 heterocycles. The smallest absolute Gasteiger partial charge is 0.172 e. The van der Waals surface area contributed by atoms with Gasteiger partial charge in [0.25, 0.3) is 0 Å². The molecule has 3 heteroatoms. The number of rotatable bonds is 2. The molecule has 216 valence electrons. The van der Waals surface area contributed by atoms with Crippen molar-refractivity contribution in [3.05, 3.63) is 161 Å². The number of hydrogen-bond donors (Lipinski definition) is 0. The number of benzene rings is 4. The summed E-state index contributed by atoms with van der Waals surface area (Å²) >= 11 is 2.16. The first kappa shape index (κ1) is 35.6. The molecule has 0 saturated heterocycles. The average molecular weight is 628 g/mol. The van der Waals surface area contributed by atoms with E-state index < -0.39 is 0 Å². The van der Waals surface area contributed by atoms with Crippen molar-refractivity contribution in [2.24, 2.45) is 0 Å². The zero-order valence-corrected chi connectivity index (χ0v) is 28.6. The second kappa shape index (κ2) is 15.7. The number of halogens is 2. The summed E-state index contributed by atoms with van der Waals surface area (Å²) < 4.78 is 1.33. The zero-order valence-electron chi connectivity index (χ0n) is 25.5. The molecular weight excluding hydrogens is 587 g/mol. The fourth-order valence-corrected chi connectivity index (χ4v) is 5.25. The van der Waals surface area contributed by atoms with Gasteiger partial charge in [-0.1, -0.05) is 65.3 Å². The summed E-state index contributed by atoms with van der Waals surface area (Å²) in [6.07, 6.45) is 1.03. The molecule has 0 aromatic heterocycles. The average Bonchev–Trinajstić information content (AvgIpc) is 3.64. The van der Waals surface area contributed by atoms with Crippen molar-refractivity contribution in [3.8, 4) is 11.1 Å². The molecule has 0 amide bonds. The summed E-state index contributed by atoms with van der Waals surface area (Å²) in [5, 5.41) is 0. The summed E-state index contributed by atoms with van der Waals surface area (Å²) in [4.78, 5) is 0. The Morgan fingerprint density at radius 2 is 1.17 bits per heavy atom. The van der Waals surface area contributed by atoms with Crippen molar-refractivity contribution in [2.75, 3.05) is 0 Å². The van der Waals surface area contributed by atoms with Crippen LogP contribution in [0, 0.1) is 6.07 Å². The van der Waals surface area contributed by atoms with E-state index in [0.29, 0.717) is 0 Å². The van der Waals surface area contributed by atoms with Crippen molar-refractivity contribution in [1.82, 2.24) is 0 Å². The topological polar surface area (TPSA) is 0 Å². The Morgan fingerprint density at radius 1 is 0.643 bits per heavy atom. The third-order valence-corrected chi connectivity index (χ3v) is 8.05. The van der Waals surface area contributed by atoms with E-state index in [4.69, 9.17) is 0 Å². The minimum atomic E-state index is 0. The summed E-state index contributed by atoms with van der Waals surface area (Å²) in [6, 6.07) is 46.1. The third-order valence-electron chi connectivity index (χ3n) is 7.14. The third kappa shape index (κ3) is 9.45. The normalized spacial score (nSPS) is 11.2. The van der Waals surface area contributed by atoms with Gasteiger partial charge >= 0.3 is 95.6 Å². The van der Waals surface area contributed by atoms with Gasteiger partial charge in [0.2, 0.25) is 0 Å². The molecule has 1 aliphatic rings. The maximum atomic E-state index is 3.67. The molecule has 0 radical (unpaired) electrons. The molecule has 0 nitrogen and oxygen atoms in total. The van der Waals surface area contributed by atoms with Gasteiger partial charge < -0.3 is 24.8 Å². The molecule has 0 unspecified atom stereocenters. The molecule has 0 fully saturated rings. The van der Waals surface area contributed by atoms with E-state index in [1.807, 2.05) is 42.5 Å². The molecule has 0 spiro atoms. The number of hydrogen-bond acceptors (Lipinski definition) is 0. The molecule has 0 aliphatic heterocycles. The van der Waals surface area contributed by atoms with Gasteiger partial charge in [0.1, 0.15) is 0 Å². The first-order valence-corrected chi connectivity index (χ1v) is 14.9. The van der Waals surface area contributed by atoms with E-state index in [0.717, 1.165) is 6.42 Å². The van der Waals surface area contributed by atoms with Gasteiger partial charge in [0, 0.05) is 0 Å². The fourth-order valence-electron chi connectivity index (χ4n) is 4.72. The predicted octanol–water partition coefficient (Wildman–Crippen LogP) is 3.87. The molecule has 0 N–H and O–H groups in total. The Hall–Kier alpha value is -2.61. The van der Waals surface area contributed by atoms with E-state index >= 15 is 0 Å². The van der Waals surface area contributed by atoms with E-state index in [2.05, 4.69) is 146 Å². The zero-order chi connectivity index (χ0) is 28.8. The van der Waals surface area contributed by atoms with Gasteiger partial charge in [-0.25, -0.2) is 12.1 Å². The van der Waals surface area contributed by atoms with E-state index in [1.54, 1.807) is 0 Å². The maximum Gasteiger partial charge on any atom is -0.172 e. The second-order valence-corrected chi connectivity index (χ2v) is 13.2. The van der Waals surface area contributed by atoms with Crippen LogP contribution in [0.1, 0.15) is 74.9 Å². The van der Waals surface area contributed by atoms with Crippen molar-refractivity contribution in [1.29, 1.82) is 0 Å². The van der Waals surface area contributed by atoms with Crippen LogP contribution in [-0.4, -0.2) is 3.81 Å². The molecule has 5 aromatic carbocycles. The van der Waals surface area contributed by atoms with Crippen LogP contribution in [0.15, 0.2) is 121 Å². The van der Waals surface area contributed by atoms with Crippen LogP contribution in [0.25, 0.3) is 11.1 Å². The second-order valence-electron chi connectivity index (χ2n) is 12.4. The Balaban J connectivity index is 0.000000253. The molecule has 0 bridgehead atoms. The summed E-state index contributed by atoms with van der Waals surface area (Å²) in [5.41, 5.74) is 11.3. The van der Waals surface area contributed by atoms with E-state index in [1.165, 1.54) is 48.3 Å². The van der Waals surface area contributed by atoms with Crippen LogP contribution in [0.2, 0.25) is 0 Å². The predicted molar refractivity (Wildman–Crippen MR) is 169 cm³/mol. The van der Waals surface area contributed by atoms with Crippen LogP contribution in [0.4, 0.5) is 0 Å². The van der Waals surface area contributed by atoms with E-state index in [9.17, 15) is 0 Å². The summed E-state index contributed by atoms with van der Waals surface area (Å²) in [6.45, 7) is 13.6. The van der Waals surface area contributed by atoms with Crippen LogP contribution in [0.3, 0.4) is 0 Å². The van der Waals surface area contributed by atoms with Crippen LogP contribution in [0.5, 0.6) is 0 Å². The van der Waals surface area contributed by atoms with Crippen molar-refractivity contribution in [3.63, 3.8) is 0 Å². The first-order valence-electron chi connectivity index (χ1n) is 14.1. The van der Waals surface area contributed by atoms with Crippen LogP contribution < -0.4 is 24.8 Å². The summed E-state index contributed by atoms with van der Waals surface area (Å²) in [5.74, 6) is 0. The van der Waals surface area contributed by atoms with Crippen LogP contribution >= 0.6 is 0 Å². The van der Waals surface area contributed by atoms with Gasteiger partial charge in [-0.3, -0.25) is 0 Å². The standard InChI is InChI=1S/C21H25.C13H10.C5H5.2ClH.Ti/c1-20(2,3)16-7-9-18-14(12-16)11-15-13-17(21(4,5)6)8-10-19(15)18;1-3-7-12(8-4-1)11-13-9-5-2-6-10-13;1-2-4-5-3-1;;;/h7-10,12H,11H2,1-6H3;1-10H;1-5H;2*1H;/q-1;;-1;;;+2/p-2. The van der Waals surface area contributed by atoms with Gasteiger partial charge in [-0.2, -0.15) is 42.0 Å². The molecule has 0 atom stereocenters. The largest absolute Gasteiger partial charge is 0.214 e. The van der Waals surface area contributed by atoms with Gasteiger partial charge in [0.05, 0.1) is 0 Å². The van der Waals surface area contributed by atoms with Crippen molar-refractivity contribution < 1.29 is 44.8 Å². The van der Waals surface area contributed by atoms with Crippen molar-refractivity contribution in [2.45, 2.75) is 58.8 Å². The summed E-state index contributed by atoms with van der Waals surface area (Å²) in [7, 11) is 0. The Morgan fingerprint density at radius 3 is 1.62 bits per heavy atom. The Kier molecular flexibility index (Phi) is 13.3. The minimum Gasteiger partial charge on any atom is -0.214 e. The molecule has 5 aromatic rings. The van der Waals surface area contributed by atoms with Crippen LogP contribution in [-0.2, 0) is 37.2 Å². The van der Waals surface area contributed by atoms with E-state index in [-0.39, 0.29) is 35.6 Å². The first-order chi connectivity index (χ1) is 19.0. The quantitative estimate of drug-likeness (QED) is 0.202. The minimum absolute atomic E-state index is 0. The maximum absolute atomic E-state index is 3.67. The molecule has 1 aliphatic carbocycles. The molecular formula is C39H40Cl2Ti-2. The van der Waals surface area contributed by atoms with Crippen molar-refractivity contribution >= 4 is 3.81 Å². The molecule has 6 rings (SSSR count). The number of fused-ring (bicyclic) bond motifs is 3. The van der Waals surface area contributed by atoms with Gasteiger partial charge in [-0.05, 0) is 28.4 Å². The van der Waals surface area contributed by atoms with Gasteiger partial charge in [-0.15, -0.1) is 11.1 Å². The molecule has 0 saturated carbocycles. The fraction of sp³-hybridized carbons (Fsp3) is 0.231. The van der Waals surface area contributed by atoms with Gasteiger partial charge in [0.15, 0.2) is 0 Å². The molecule has 42 heavy (non-hydrogen) atoms.